The standard InChI is InChI=1S/C41H26N4/c1-2-12-27(13-3-1)43-34-18-8-4-16-31(34)32-23-22-28(26-39(32)43)44-37-21-11-7-17-33(37)40-38(24-25-42-41(40)44)45-35-19-9-5-14-29(35)30-15-6-10-20-36(30)45/h1-26H/i7D,11D,17D,21D,24D,25D. The van der Waals surface area contributed by atoms with Crippen LogP contribution in [-0.4, -0.2) is 18.7 Å². The third-order valence-corrected chi connectivity index (χ3v) is 8.88. The fourth-order valence-electron chi connectivity index (χ4n) is 7.05. The summed E-state index contributed by atoms with van der Waals surface area (Å²) < 4.78 is 60.2. The first-order valence-electron chi connectivity index (χ1n) is 17.8. The van der Waals surface area contributed by atoms with E-state index >= 15 is 0 Å². The predicted molar refractivity (Wildman–Crippen MR) is 187 cm³/mol. The molecule has 0 aliphatic carbocycles. The highest BCUT2D eigenvalue weighted by atomic mass is 15.1. The van der Waals surface area contributed by atoms with Crippen LogP contribution in [0.5, 0.6) is 0 Å². The van der Waals surface area contributed by atoms with Crippen LogP contribution in [0.2, 0.25) is 0 Å². The Morgan fingerprint density at radius 2 is 1.04 bits per heavy atom. The van der Waals surface area contributed by atoms with Crippen molar-refractivity contribution in [2.24, 2.45) is 0 Å². The van der Waals surface area contributed by atoms with Gasteiger partial charge in [0.1, 0.15) is 5.65 Å². The van der Waals surface area contributed by atoms with E-state index in [0.29, 0.717) is 16.8 Å². The van der Waals surface area contributed by atoms with Crippen LogP contribution < -0.4 is 0 Å². The average molecular weight is 581 g/mol. The van der Waals surface area contributed by atoms with Gasteiger partial charge in [0.15, 0.2) is 0 Å². The molecule has 0 saturated carbocycles. The van der Waals surface area contributed by atoms with E-state index in [-0.39, 0.29) is 52.9 Å². The van der Waals surface area contributed by atoms with Crippen molar-refractivity contribution in [2.45, 2.75) is 0 Å². The Bertz CT molecular complexity index is 3050. The van der Waals surface area contributed by atoms with Crippen molar-refractivity contribution in [3.63, 3.8) is 0 Å². The number of hydrogen-bond acceptors (Lipinski definition) is 1. The normalized spacial score (nSPS) is 13.9. The zero-order valence-corrected chi connectivity index (χ0v) is 23.8. The van der Waals surface area contributed by atoms with E-state index in [1.54, 1.807) is 4.57 Å². The summed E-state index contributed by atoms with van der Waals surface area (Å²) >= 11 is 0. The first kappa shape index (κ1) is 19.2. The fourth-order valence-corrected chi connectivity index (χ4v) is 7.05. The maximum absolute atomic E-state index is 9.33. The van der Waals surface area contributed by atoms with Crippen LogP contribution in [0.1, 0.15) is 8.22 Å². The zero-order chi connectivity index (χ0) is 34.7. The van der Waals surface area contributed by atoms with Gasteiger partial charge in [-0.1, -0.05) is 97.0 Å². The Kier molecular flexibility index (Phi) is 3.92. The summed E-state index contributed by atoms with van der Waals surface area (Å²) in [5.74, 6) is 0. The van der Waals surface area contributed by atoms with Crippen LogP contribution >= 0.6 is 0 Å². The third-order valence-electron chi connectivity index (χ3n) is 8.88. The monoisotopic (exact) mass is 580 g/mol. The highest BCUT2D eigenvalue weighted by molar-refractivity contribution is 6.16. The minimum absolute atomic E-state index is 0.139. The Hall–Kier alpha value is -6.13. The number of pyridine rings is 1. The molecule has 0 radical (unpaired) electrons. The molecule has 45 heavy (non-hydrogen) atoms. The van der Waals surface area contributed by atoms with Crippen LogP contribution in [0.15, 0.2) is 158 Å². The fraction of sp³-hybridized carbons (Fsp3) is 0. The van der Waals surface area contributed by atoms with Gasteiger partial charge in [0.25, 0.3) is 0 Å². The van der Waals surface area contributed by atoms with Crippen molar-refractivity contribution in [1.29, 1.82) is 0 Å². The molecular weight excluding hydrogens is 548 g/mol. The molecule has 0 amide bonds. The second-order valence-electron chi connectivity index (χ2n) is 11.2. The average Bonchev–Trinajstić information content (AvgIpc) is 3.80. The largest absolute Gasteiger partial charge is 0.309 e. The molecule has 10 aromatic rings. The van der Waals surface area contributed by atoms with Crippen molar-refractivity contribution in [1.82, 2.24) is 18.7 Å². The zero-order valence-electron chi connectivity index (χ0n) is 29.8. The molecule has 10 rings (SSSR count). The highest BCUT2D eigenvalue weighted by Crippen LogP contribution is 2.40. The second-order valence-corrected chi connectivity index (χ2v) is 11.2. The number of aromatic nitrogens is 4. The van der Waals surface area contributed by atoms with E-state index in [2.05, 4.69) is 28.8 Å². The van der Waals surface area contributed by atoms with Gasteiger partial charge in [0.05, 0.1) is 46.9 Å². The summed E-state index contributed by atoms with van der Waals surface area (Å²) in [6.07, 6.45) is -0.266. The number of hydrogen-bond donors (Lipinski definition) is 0. The van der Waals surface area contributed by atoms with Crippen LogP contribution in [0, 0.1) is 0 Å². The lowest BCUT2D eigenvalue weighted by atomic mass is 10.1. The first-order chi connectivity index (χ1) is 24.8. The lowest BCUT2D eigenvalue weighted by Gasteiger charge is -2.12. The van der Waals surface area contributed by atoms with Crippen LogP contribution in [-0.2, 0) is 0 Å². The highest BCUT2D eigenvalue weighted by Gasteiger charge is 2.21. The summed E-state index contributed by atoms with van der Waals surface area (Å²) in [4.78, 5) is 4.70. The molecule has 4 heteroatoms. The van der Waals surface area contributed by atoms with E-state index in [1.165, 1.54) is 0 Å². The van der Waals surface area contributed by atoms with Gasteiger partial charge in [0.2, 0.25) is 0 Å². The van der Waals surface area contributed by atoms with Crippen molar-refractivity contribution >= 4 is 65.5 Å². The molecule has 0 aliphatic heterocycles. The van der Waals surface area contributed by atoms with Gasteiger partial charge >= 0.3 is 0 Å². The quantitative estimate of drug-likeness (QED) is 0.204. The molecule has 0 unspecified atom stereocenters. The Labute approximate surface area is 267 Å². The molecule has 0 fully saturated rings. The van der Waals surface area contributed by atoms with Crippen LogP contribution in [0.4, 0.5) is 0 Å². The summed E-state index contributed by atoms with van der Waals surface area (Å²) in [5.41, 5.74) is 6.00. The van der Waals surface area contributed by atoms with E-state index in [9.17, 15) is 4.11 Å². The van der Waals surface area contributed by atoms with Gasteiger partial charge < -0.3 is 9.13 Å². The molecule has 4 nitrogen and oxygen atoms in total. The molecule has 0 N–H and O–H groups in total. The lowest BCUT2D eigenvalue weighted by molar-refractivity contribution is 1.12. The minimum Gasteiger partial charge on any atom is -0.309 e. The van der Waals surface area contributed by atoms with Crippen molar-refractivity contribution in [3.05, 3.63) is 158 Å². The van der Waals surface area contributed by atoms with Crippen LogP contribution in [0.25, 0.3) is 82.6 Å². The first-order valence-corrected chi connectivity index (χ1v) is 14.8. The summed E-state index contributed by atoms with van der Waals surface area (Å²) in [5, 5.41) is 4.66. The van der Waals surface area contributed by atoms with Gasteiger partial charge in [0, 0.05) is 44.5 Å². The SMILES string of the molecule is [2H]c1nc2c(c(-n3c4ccccc4c4ccccc43)c1[2H])c1c([2H])c([2H])c([2H])c([2H])c1n2-c1ccc2c3ccccc3n(-c3ccccc3)c2c1. The number of fused-ring (bicyclic) bond motifs is 9. The van der Waals surface area contributed by atoms with E-state index < -0.39 is 0 Å². The molecular formula is C41H26N4. The van der Waals surface area contributed by atoms with E-state index in [0.717, 1.165) is 49.3 Å². The summed E-state index contributed by atoms with van der Waals surface area (Å²) in [6, 6.07) is 38.7. The van der Waals surface area contributed by atoms with E-state index in [1.807, 2.05) is 102 Å². The topological polar surface area (TPSA) is 27.7 Å². The van der Waals surface area contributed by atoms with Gasteiger partial charge in [-0.2, -0.15) is 0 Å². The Balaban J connectivity index is 1.41. The molecule has 0 saturated heterocycles. The smallest absolute Gasteiger partial charge is 0.147 e. The molecule has 0 aliphatic rings. The minimum atomic E-state index is -0.374. The molecule has 0 atom stereocenters. The molecule has 0 spiro atoms. The van der Waals surface area contributed by atoms with Crippen molar-refractivity contribution in [3.8, 4) is 17.1 Å². The van der Waals surface area contributed by atoms with Gasteiger partial charge in [-0.15, -0.1) is 0 Å². The molecule has 0 bridgehead atoms. The maximum atomic E-state index is 9.33. The Morgan fingerprint density at radius 3 is 1.76 bits per heavy atom. The maximum Gasteiger partial charge on any atom is 0.147 e. The van der Waals surface area contributed by atoms with Gasteiger partial charge in [-0.3, -0.25) is 4.57 Å². The van der Waals surface area contributed by atoms with Crippen LogP contribution in [0.3, 0.4) is 0 Å². The predicted octanol–water partition coefficient (Wildman–Crippen LogP) is 10.4. The number of rotatable bonds is 3. The lowest BCUT2D eigenvalue weighted by Crippen LogP contribution is -1.99. The third kappa shape index (κ3) is 3.34. The number of nitrogens with zero attached hydrogens (tertiary/aromatic N) is 4. The van der Waals surface area contributed by atoms with Crippen molar-refractivity contribution in [2.75, 3.05) is 0 Å². The van der Waals surface area contributed by atoms with Gasteiger partial charge in [-0.25, -0.2) is 4.98 Å². The Morgan fingerprint density at radius 1 is 0.444 bits per heavy atom. The molecule has 4 heterocycles. The van der Waals surface area contributed by atoms with E-state index in [4.69, 9.17) is 9.10 Å². The van der Waals surface area contributed by atoms with Crippen molar-refractivity contribution < 1.29 is 8.22 Å². The number of para-hydroxylation sites is 5. The molecule has 4 aromatic heterocycles. The summed E-state index contributed by atoms with van der Waals surface area (Å²) in [7, 11) is 0. The molecule has 210 valence electrons. The second kappa shape index (κ2) is 9.18. The van der Waals surface area contributed by atoms with Gasteiger partial charge in [-0.05, 0) is 54.5 Å². The molecule has 6 aromatic carbocycles. The summed E-state index contributed by atoms with van der Waals surface area (Å²) in [6.45, 7) is 0. The number of benzene rings is 6.